The van der Waals surface area contributed by atoms with E-state index in [9.17, 15) is 4.79 Å². The van der Waals surface area contributed by atoms with Crippen LogP contribution >= 0.6 is 0 Å². The van der Waals surface area contributed by atoms with Gasteiger partial charge in [0.15, 0.2) is 0 Å². The van der Waals surface area contributed by atoms with Crippen molar-refractivity contribution in [1.29, 1.82) is 0 Å². The molecule has 1 aliphatic heterocycles. The van der Waals surface area contributed by atoms with Crippen molar-refractivity contribution in [1.82, 2.24) is 10.2 Å². The molecule has 3 heteroatoms. The van der Waals surface area contributed by atoms with E-state index in [-0.39, 0.29) is 11.9 Å². The number of nitrogens with one attached hydrogen (secondary N) is 1. The third-order valence-electron chi connectivity index (χ3n) is 2.45. The minimum Gasteiger partial charge on any atom is -0.330 e. The maximum absolute atomic E-state index is 11.8. The summed E-state index contributed by atoms with van der Waals surface area (Å²) in [5, 5.41) is 3.25. The van der Waals surface area contributed by atoms with Gasteiger partial charge in [0.1, 0.15) is 0 Å². The van der Waals surface area contributed by atoms with Crippen LogP contribution in [0.5, 0.6) is 0 Å². The number of hydrogen-bond donors (Lipinski definition) is 1. The third-order valence-corrected chi connectivity index (χ3v) is 2.45. The van der Waals surface area contributed by atoms with Crippen molar-refractivity contribution in [3.8, 4) is 12.3 Å². The molecule has 0 spiro atoms. The fraction of sp³-hybridized carbons (Fsp3) is 0.727. The molecule has 1 heterocycles. The first kappa shape index (κ1) is 11.1. The molecule has 0 bridgehead atoms. The first-order chi connectivity index (χ1) is 6.79. The summed E-state index contributed by atoms with van der Waals surface area (Å²) in [6.45, 7) is 4.26. The normalized spacial score (nSPS) is 22.1. The van der Waals surface area contributed by atoms with Gasteiger partial charge in [-0.05, 0) is 25.8 Å². The van der Waals surface area contributed by atoms with Crippen molar-refractivity contribution < 1.29 is 4.79 Å². The Morgan fingerprint density at radius 2 is 2.50 bits per heavy atom. The number of nitrogens with zero attached hydrogens (tertiary/aromatic N) is 1. The maximum atomic E-state index is 11.8. The van der Waals surface area contributed by atoms with Crippen molar-refractivity contribution in [2.24, 2.45) is 0 Å². The lowest BCUT2D eigenvalue weighted by Gasteiger charge is -2.31. The van der Waals surface area contributed by atoms with E-state index in [0.717, 1.165) is 32.4 Å². The van der Waals surface area contributed by atoms with Crippen LogP contribution in [0.15, 0.2) is 0 Å². The predicted octanol–water partition coefficient (Wildman–Crippen LogP) is 0.610. The van der Waals surface area contributed by atoms with E-state index >= 15 is 0 Å². The Balaban J connectivity index is 2.44. The second-order valence-electron chi connectivity index (χ2n) is 3.61. The Kier molecular flexibility index (Phi) is 4.48. The Morgan fingerprint density at radius 1 is 1.71 bits per heavy atom. The summed E-state index contributed by atoms with van der Waals surface area (Å²) in [5.41, 5.74) is 0. The summed E-state index contributed by atoms with van der Waals surface area (Å²) >= 11 is 0. The average Bonchev–Trinajstić information content (AvgIpc) is 2.20. The first-order valence-corrected chi connectivity index (χ1v) is 5.25. The molecule has 1 aliphatic rings. The number of amides is 1. The summed E-state index contributed by atoms with van der Waals surface area (Å²) in [4.78, 5) is 13.5. The Labute approximate surface area is 85.9 Å². The molecule has 1 atom stereocenters. The van der Waals surface area contributed by atoms with Crippen LogP contribution in [0, 0.1) is 12.3 Å². The van der Waals surface area contributed by atoms with E-state index < -0.39 is 0 Å². The summed E-state index contributed by atoms with van der Waals surface area (Å²) in [6, 6.07) is -0.00273. The minimum atomic E-state index is -0.00273. The monoisotopic (exact) mass is 194 g/mol. The van der Waals surface area contributed by atoms with Crippen molar-refractivity contribution in [2.45, 2.75) is 32.2 Å². The van der Waals surface area contributed by atoms with Crippen LogP contribution < -0.4 is 5.32 Å². The molecular weight excluding hydrogens is 176 g/mol. The van der Waals surface area contributed by atoms with Crippen LogP contribution in [0.3, 0.4) is 0 Å². The lowest BCUT2D eigenvalue weighted by atomic mass is 10.0. The molecule has 78 valence electrons. The van der Waals surface area contributed by atoms with Crippen LogP contribution in [0.25, 0.3) is 0 Å². The van der Waals surface area contributed by atoms with E-state index in [1.165, 1.54) is 0 Å². The predicted molar refractivity (Wildman–Crippen MR) is 56.7 cm³/mol. The van der Waals surface area contributed by atoms with Crippen molar-refractivity contribution in [3.05, 3.63) is 0 Å². The number of carbonyl (C=O) groups is 1. The third kappa shape index (κ3) is 2.74. The Bertz CT molecular complexity index is 232. The average molecular weight is 194 g/mol. The zero-order valence-electron chi connectivity index (χ0n) is 8.75. The second-order valence-corrected chi connectivity index (χ2v) is 3.61. The van der Waals surface area contributed by atoms with Crippen LogP contribution in [0.1, 0.15) is 26.2 Å². The van der Waals surface area contributed by atoms with Crippen molar-refractivity contribution in [2.75, 3.05) is 19.6 Å². The van der Waals surface area contributed by atoms with Gasteiger partial charge in [0, 0.05) is 6.54 Å². The molecule has 14 heavy (non-hydrogen) atoms. The highest BCUT2D eigenvalue weighted by Gasteiger charge is 2.26. The second kappa shape index (κ2) is 5.66. The molecule has 0 aliphatic carbocycles. The SMILES string of the molecule is C#CCN1CCCC(NCCC)C1=O. The van der Waals surface area contributed by atoms with Gasteiger partial charge >= 0.3 is 0 Å². The summed E-state index contributed by atoms with van der Waals surface area (Å²) in [5.74, 6) is 2.69. The fourth-order valence-corrected chi connectivity index (χ4v) is 1.72. The molecule has 1 N–H and O–H groups in total. The van der Waals surface area contributed by atoms with Crippen molar-refractivity contribution in [3.63, 3.8) is 0 Å². The molecule has 1 rings (SSSR count). The number of rotatable bonds is 4. The number of terminal acetylenes is 1. The molecule has 3 nitrogen and oxygen atoms in total. The highest BCUT2D eigenvalue weighted by molar-refractivity contribution is 5.82. The Morgan fingerprint density at radius 3 is 3.14 bits per heavy atom. The summed E-state index contributed by atoms with van der Waals surface area (Å²) in [6.07, 6.45) is 8.25. The molecular formula is C11H18N2O. The van der Waals surface area contributed by atoms with Gasteiger partial charge in [-0.1, -0.05) is 12.8 Å². The minimum absolute atomic E-state index is 0.00273. The van der Waals surface area contributed by atoms with Crippen LogP contribution in [-0.4, -0.2) is 36.5 Å². The topological polar surface area (TPSA) is 32.3 Å². The van der Waals surface area contributed by atoms with Crippen LogP contribution in [0.2, 0.25) is 0 Å². The molecule has 0 aromatic rings. The number of likely N-dealkylation sites (tertiary alicyclic amines) is 1. The maximum Gasteiger partial charge on any atom is 0.240 e. The zero-order valence-corrected chi connectivity index (χ0v) is 8.75. The molecule has 0 saturated carbocycles. The zero-order chi connectivity index (χ0) is 10.4. The lowest BCUT2D eigenvalue weighted by Crippen LogP contribution is -2.50. The number of carbonyl (C=O) groups excluding carboxylic acids is 1. The highest BCUT2D eigenvalue weighted by atomic mass is 16.2. The number of piperidine rings is 1. The summed E-state index contributed by atoms with van der Waals surface area (Å²) in [7, 11) is 0. The van der Waals surface area contributed by atoms with Crippen LogP contribution in [-0.2, 0) is 4.79 Å². The van der Waals surface area contributed by atoms with E-state index in [1.807, 2.05) is 0 Å². The molecule has 1 unspecified atom stereocenters. The summed E-state index contributed by atoms with van der Waals surface area (Å²) < 4.78 is 0. The van der Waals surface area contributed by atoms with Gasteiger partial charge in [-0.2, -0.15) is 0 Å². The smallest absolute Gasteiger partial charge is 0.240 e. The molecule has 1 saturated heterocycles. The first-order valence-electron chi connectivity index (χ1n) is 5.25. The quantitative estimate of drug-likeness (QED) is 0.665. The van der Waals surface area contributed by atoms with E-state index in [0.29, 0.717) is 6.54 Å². The van der Waals surface area contributed by atoms with E-state index in [4.69, 9.17) is 6.42 Å². The van der Waals surface area contributed by atoms with Gasteiger partial charge in [0.05, 0.1) is 12.6 Å². The van der Waals surface area contributed by atoms with Gasteiger partial charge in [-0.25, -0.2) is 0 Å². The van der Waals surface area contributed by atoms with Gasteiger partial charge in [0.25, 0.3) is 0 Å². The fourth-order valence-electron chi connectivity index (χ4n) is 1.72. The van der Waals surface area contributed by atoms with Crippen LogP contribution in [0.4, 0.5) is 0 Å². The molecule has 0 radical (unpaired) electrons. The van der Waals surface area contributed by atoms with Gasteiger partial charge < -0.3 is 10.2 Å². The molecule has 1 fully saturated rings. The van der Waals surface area contributed by atoms with Gasteiger partial charge in [-0.3, -0.25) is 4.79 Å². The van der Waals surface area contributed by atoms with Gasteiger partial charge in [0.2, 0.25) is 5.91 Å². The highest BCUT2D eigenvalue weighted by Crippen LogP contribution is 2.10. The van der Waals surface area contributed by atoms with E-state index in [1.54, 1.807) is 4.90 Å². The van der Waals surface area contributed by atoms with E-state index in [2.05, 4.69) is 18.2 Å². The molecule has 0 aromatic carbocycles. The number of hydrogen-bond acceptors (Lipinski definition) is 2. The lowest BCUT2D eigenvalue weighted by molar-refractivity contribution is -0.135. The molecule has 0 aromatic heterocycles. The van der Waals surface area contributed by atoms with Crippen molar-refractivity contribution >= 4 is 5.91 Å². The Hall–Kier alpha value is -1.01. The standard InChI is InChI=1S/C11H18N2O/c1-3-7-12-10-6-5-9-13(8-4-2)11(10)14/h2,10,12H,3,5-9H2,1H3. The molecule has 1 amide bonds. The largest absolute Gasteiger partial charge is 0.330 e. The van der Waals surface area contributed by atoms with Gasteiger partial charge in [-0.15, -0.1) is 6.42 Å².